The average Bonchev–Trinajstić information content (AvgIpc) is 2.95. The van der Waals surface area contributed by atoms with E-state index < -0.39 is 0 Å². The Labute approximate surface area is 94.7 Å². The first-order chi connectivity index (χ1) is 7.92. The number of hydrogen-bond donors (Lipinski definition) is 1. The number of nitrogens with zero attached hydrogens (tertiary/aromatic N) is 3. The van der Waals surface area contributed by atoms with Gasteiger partial charge in [-0.05, 0) is 30.9 Å². The molecule has 4 nitrogen and oxygen atoms in total. The number of pyridine rings is 1. The Balaban J connectivity index is 1.69. The second-order valence-corrected chi connectivity index (χ2v) is 4.47. The molecule has 84 valence electrons. The highest BCUT2D eigenvalue weighted by Gasteiger charge is 2.15. The van der Waals surface area contributed by atoms with Gasteiger partial charge in [0.25, 0.3) is 0 Å². The van der Waals surface area contributed by atoms with E-state index in [1.807, 2.05) is 24.4 Å². The second kappa shape index (κ2) is 4.12. The molecule has 0 amide bonds. The molecule has 0 saturated heterocycles. The highest BCUT2D eigenvalue weighted by atomic mass is 15.3. The zero-order valence-corrected chi connectivity index (χ0v) is 9.26. The van der Waals surface area contributed by atoms with E-state index in [9.17, 15) is 0 Å². The third-order valence-corrected chi connectivity index (χ3v) is 3.26. The fourth-order valence-electron chi connectivity index (χ4n) is 2.36. The molecule has 2 aromatic rings. The van der Waals surface area contributed by atoms with E-state index in [-0.39, 0.29) is 0 Å². The van der Waals surface area contributed by atoms with Crippen LogP contribution in [0.1, 0.15) is 25.7 Å². The van der Waals surface area contributed by atoms with Gasteiger partial charge in [-0.2, -0.15) is 4.98 Å². The van der Waals surface area contributed by atoms with Crippen molar-refractivity contribution in [1.82, 2.24) is 14.6 Å². The van der Waals surface area contributed by atoms with Crippen molar-refractivity contribution in [3.8, 4) is 0 Å². The molecular weight excluding hydrogens is 200 g/mol. The van der Waals surface area contributed by atoms with Crippen molar-refractivity contribution in [3.05, 3.63) is 24.4 Å². The van der Waals surface area contributed by atoms with Crippen LogP contribution in [-0.2, 0) is 0 Å². The van der Waals surface area contributed by atoms with E-state index in [2.05, 4.69) is 15.4 Å². The van der Waals surface area contributed by atoms with Crippen molar-refractivity contribution >= 4 is 11.6 Å². The fraction of sp³-hybridized carbons (Fsp3) is 0.500. The predicted octanol–water partition coefficient (Wildman–Crippen LogP) is 2.33. The normalized spacial score (nSPS) is 17.0. The van der Waals surface area contributed by atoms with Crippen LogP contribution in [0.3, 0.4) is 0 Å². The summed E-state index contributed by atoms with van der Waals surface area (Å²) < 4.78 is 1.80. The molecular formula is C12H16N4. The Morgan fingerprint density at radius 3 is 3.00 bits per heavy atom. The maximum absolute atomic E-state index is 4.41. The topological polar surface area (TPSA) is 42.2 Å². The number of hydrogen-bond acceptors (Lipinski definition) is 3. The third kappa shape index (κ3) is 1.87. The zero-order chi connectivity index (χ0) is 10.8. The molecule has 1 saturated carbocycles. The highest BCUT2D eigenvalue weighted by molar-refractivity contribution is 5.42. The Bertz CT molecular complexity index is 438. The van der Waals surface area contributed by atoms with Crippen LogP contribution in [0.25, 0.3) is 5.65 Å². The van der Waals surface area contributed by atoms with Crippen molar-refractivity contribution in [2.24, 2.45) is 5.92 Å². The van der Waals surface area contributed by atoms with Crippen molar-refractivity contribution in [3.63, 3.8) is 0 Å². The highest BCUT2D eigenvalue weighted by Crippen LogP contribution is 2.24. The fourth-order valence-corrected chi connectivity index (χ4v) is 2.36. The van der Waals surface area contributed by atoms with Crippen LogP contribution in [0.5, 0.6) is 0 Å². The summed E-state index contributed by atoms with van der Waals surface area (Å²) in [7, 11) is 0. The van der Waals surface area contributed by atoms with Crippen molar-refractivity contribution in [1.29, 1.82) is 0 Å². The SMILES string of the molecule is c1ccn2nc(NCC3CCCC3)nc2c1. The van der Waals surface area contributed by atoms with Crippen molar-refractivity contribution in [2.75, 3.05) is 11.9 Å². The molecule has 0 unspecified atom stereocenters. The van der Waals surface area contributed by atoms with Crippen LogP contribution < -0.4 is 5.32 Å². The minimum Gasteiger partial charge on any atom is -0.353 e. The van der Waals surface area contributed by atoms with Gasteiger partial charge in [-0.25, -0.2) is 4.52 Å². The Kier molecular flexibility index (Phi) is 2.48. The van der Waals surface area contributed by atoms with Crippen molar-refractivity contribution in [2.45, 2.75) is 25.7 Å². The molecule has 0 bridgehead atoms. The first kappa shape index (κ1) is 9.63. The number of aromatic nitrogens is 3. The lowest BCUT2D eigenvalue weighted by Gasteiger charge is -2.07. The largest absolute Gasteiger partial charge is 0.353 e. The molecule has 0 aliphatic heterocycles. The summed E-state index contributed by atoms with van der Waals surface area (Å²) in [5.74, 6) is 1.56. The molecule has 1 fully saturated rings. The van der Waals surface area contributed by atoms with Gasteiger partial charge < -0.3 is 5.32 Å². The molecule has 3 rings (SSSR count). The van der Waals surface area contributed by atoms with E-state index in [4.69, 9.17) is 0 Å². The molecule has 0 aromatic carbocycles. The number of anilines is 1. The molecule has 0 spiro atoms. The molecule has 2 heterocycles. The average molecular weight is 216 g/mol. The minimum atomic E-state index is 0.748. The summed E-state index contributed by atoms with van der Waals surface area (Å²) in [5.41, 5.74) is 0.899. The molecule has 0 radical (unpaired) electrons. The zero-order valence-electron chi connectivity index (χ0n) is 9.26. The van der Waals surface area contributed by atoms with Gasteiger partial charge in [-0.3, -0.25) is 0 Å². The van der Waals surface area contributed by atoms with Crippen LogP contribution in [0.2, 0.25) is 0 Å². The third-order valence-electron chi connectivity index (χ3n) is 3.26. The molecule has 0 atom stereocenters. The summed E-state index contributed by atoms with van der Waals surface area (Å²) in [6.07, 6.45) is 7.37. The first-order valence-electron chi connectivity index (χ1n) is 5.97. The summed E-state index contributed by atoms with van der Waals surface area (Å²) >= 11 is 0. The number of rotatable bonds is 3. The van der Waals surface area contributed by atoms with E-state index in [1.54, 1.807) is 4.52 Å². The lowest BCUT2D eigenvalue weighted by molar-refractivity contribution is 0.577. The molecule has 4 heteroatoms. The van der Waals surface area contributed by atoms with Gasteiger partial charge >= 0.3 is 0 Å². The van der Waals surface area contributed by atoms with E-state index in [0.717, 1.165) is 24.1 Å². The van der Waals surface area contributed by atoms with Gasteiger partial charge in [0.1, 0.15) is 0 Å². The standard InChI is InChI=1S/C12H16N4/c1-2-6-10(5-1)9-13-12-14-11-7-3-4-8-16(11)15-12/h3-4,7-8,10H,1-2,5-6,9H2,(H,13,15). The summed E-state index contributed by atoms with van der Waals surface area (Å²) in [6.45, 7) is 1.01. The van der Waals surface area contributed by atoms with Crippen LogP contribution in [0, 0.1) is 5.92 Å². The Hall–Kier alpha value is -1.58. The molecule has 2 aromatic heterocycles. The van der Waals surface area contributed by atoms with Crippen molar-refractivity contribution < 1.29 is 0 Å². The van der Waals surface area contributed by atoms with Crippen LogP contribution >= 0.6 is 0 Å². The number of fused-ring (bicyclic) bond motifs is 1. The summed E-state index contributed by atoms with van der Waals surface area (Å²) in [4.78, 5) is 4.41. The van der Waals surface area contributed by atoms with E-state index in [0.29, 0.717) is 0 Å². The maximum atomic E-state index is 4.41. The lowest BCUT2D eigenvalue weighted by Crippen LogP contribution is -2.11. The lowest BCUT2D eigenvalue weighted by atomic mass is 10.1. The van der Waals surface area contributed by atoms with Crippen LogP contribution in [0.15, 0.2) is 24.4 Å². The molecule has 1 N–H and O–H groups in total. The maximum Gasteiger partial charge on any atom is 0.243 e. The monoisotopic (exact) mass is 216 g/mol. The van der Waals surface area contributed by atoms with E-state index >= 15 is 0 Å². The molecule has 1 aliphatic carbocycles. The molecule has 16 heavy (non-hydrogen) atoms. The van der Waals surface area contributed by atoms with Gasteiger partial charge in [-0.1, -0.05) is 18.9 Å². The Morgan fingerprint density at radius 2 is 2.19 bits per heavy atom. The first-order valence-corrected chi connectivity index (χ1v) is 5.97. The second-order valence-electron chi connectivity index (χ2n) is 4.47. The minimum absolute atomic E-state index is 0.748. The summed E-state index contributed by atoms with van der Waals surface area (Å²) in [5, 5.41) is 7.70. The number of nitrogens with one attached hydrogen (secondary N) is 1. The van der Waals surface area contributed by atoms with Gasteiger partial charge in [0.15, 0.2) is 5.65 Å². The van der Waals surface area contributed by atoms with Crippen LogP contribution in [0.4, 0.5) is 5.95 Å². The van der Waals surface area contributed by atoms with E-state index in [1.165, 1.54) is 25.7 Å². The quantitative estimate of drug-likeness (QED) is 0.856. The predicted molar refractivity (Wildman–Crippen MR) is 63.4 cm³/mol. The van der Waals surface area contributed by atoms with Gasteiger partial charge in [-0.15, -0.1) is 5.10 Å². The van der Waals surface area contributed by atoms with Gasteiger partial charge in [0, 0.05) is 12.7 Å². The van der Waals surface area contributed by atoms with Gasteiger partial charge in [0.2, 0.25) is 5.95 Å². The van der Waals surface area contributed by atoms with Gasteiger partial charge in [0.05, 0.1) is 0 Å². The summed E-state index contributed by atoms with van der Waals surface area (Å²) in [6, 6.07) is 5.90. The molecule has 1 aliphatic rings. The van der Waals surface area contributed by atoms with Crippen LogP contribution in [-0.4, -0.2) is 21.1 Å². The smallest absolute Gasteiger partial charge is 0.243 e. The Morgan fingerprint density at radius 1 is 1.31 bits per heavy atom.